The van der Waals surface area contributed by atoms with Crippen molar-refractivity contribution in [1.29, 1.82) is 0 Å². The van der Waals surface area contributed by atoms with Crippen LogP contribution in [0.4, 0.5) is 4.39 Å². The summed E-state index contributed by atoms with van der Waals surface area (Å²) in [5, 5.41) is 12.2. The highest BCUT2D eigenvalue weighted by Gasteiger charge is 2.23. The molecule has 2 unspecified atom stereocenters. The van der Waals surface area contributed by atoms with Crippen molar-refractivity contribution in [2.75, 3.05) is 6.54 Å². The molecule has 1 aromatic rings. The SMILES string of the molecule is O=C(NCC1CCC(O)C1)c1ccc(F)cc1I. The van der Waals surface area contributed by atoms with Gasteiger partial charge in [-0.05, 0) is 66.0 Å². The Morgan fingerprint density at radius 2 is 2.28 bits per heavy atom. The van der Waals surface area contributed by atoms with Gasteiger partial charge in [-0.1, -0.05) is 0 Å². The summed E-state index contributed by atoms with van der Waals surface area (Å²) in [5.41, 5.74) is 0.496. The minimum absolute atomic E-state index is 0.180. The molecule has 1 amide bonds. The van der Waals surface area contributed by atoms with E-state index in [1.54, 1.807) is 0 Å². The normalized spacial score (nSPS) is 23.1. The number of nitrogens with one attached hydrogen (secondary N) is 1. The monoisotopic (exact) mass is 363 g/mol. The molecule has 0 aromatic heterocycles. The predicted octanol–water partition coefficient (Wildman–Crippen LogP) is 2.32. The first-order valence-electron chi connectivity index (χ1n) is 5.97. The second-order valence-corrected chi connectivity index (χ2v) is 5.83. The molecule has 0 aliphatic heterocycles. The summed E-state index contributed by atoms with van der Waals surface area (Å²) in [6, 6.07) is 4.13. The van der Waals surface area contributed by atoms with Gasteiger partial charge in [0.15, 0.2) is 0 Å². The van der Waals surface area contributed by atoms with Gasteiger partial charge in [-0.2, -0.15) is 0 Å². The fraction of sp³-hybridized carbons (Fsp3) is 0.462. The van der Waals surface area contributed by atoms with Crippen LogP contribution in [0.5, 0.6) is 0 Å². The Morgan fingerprint density at radius 1 is 1.50 bits per heavy atom. The topological polar surface area (TPSA) is 49.3 Å². The molecular formula is C13H15FINO2. The van der Waals surface area contributed by atoms with Gasteiger partial charge >= 0.3 is 0 Å². The lowest BCUT2D eigenvalue weighted by molar-refractivity contribution is 0.0944. The molecule has 2 N–H and O–H groups in total. The molecule has 1 fully saturated rings. The van der Waals surface area contributed by atoms with Gasteiger partial charge in [-0.25, -0.2) is 4.39 Å². The van der Waals surface area contributed by atoms with E-state index in [9.17, 15) is 14.3 Å². The lowest BCUT2D eigenvalue weighted by Gasteiger charge is -2.11. The number of carbonyl (C=O) groups excluding carboxylic acids is 1. The summed E-state index contributed by atoms with van der Waals surface area (Å²) in [4.78, 5) is 11.9. The molecule has 1 aliphatic rings. The summed E-state index contributed by atoms with van der Waals surface area (Å²) in [6.07, 6.45) is 2.29. The zero-order valence-corrected chi connectivity index (χ0v) is 12.0. The first kappa shape index (κ1) is 13.7. The number of carbonyl (C=O) groups is 1. The average Bonchev–Trinajstić information content (AvgIpc) is 2.72. The van der Waals surface area contributed by atoms with Gasteiger partial charge < -0.3 is 10.4 Å². The van der Waals surface area contributed by atoms with E-state index in [0.717, 1.165) is 19.3 Å². The molecule has 1 aliphatic carbocycles. The highest BCUT2D eigenvalue weighted by Crippen LogP contribution is 2.24. The van der Waals surface area contributed by atoms with Crippen molar-refractivity contribution < 1.29 is 14.3 Å². The summed E-state index contributed by atoms with van der Waals surface area (Å²) < 4.78 is 13.5. The Balaban J connectivity index is 1.91. The molecular weight excluding hydrogens is 348 g/mol. The van der Waals surface area contributed by atoms with Gasteiger partial charge in [0.25, 0.3) is 5.91 Å². The first-order valence-corrected chi connectivity index (χ1v) is 7.05. The van der Waals surface area contributed by atoms with E-state index < -0.39 is 0 Å². The molecule has 18 heavy (non-hydrogen) atoms. The molecule has 0 saturated heterocycles. The molecule has 3 nitrogen and oxygen atoms in total. The molecule has 0 radical (unpaired) electrons. The van der Waals surface area contributed by atoms with E-state index in [1.165, 1.54) is 18.2 Å². The van der Waals surface area contributed by atoms with Gasteiger partial charge in [-0.15, -0.1) is 0 Å². The fourth-order valence-electron chi connectivity index (χ4n) is 2.24. The van der Waals surface area contributed by atoms with Crippen molar-refractivity contribution in [2.24, 2.45) is 5.92 Å². The fourth-order valence-corrected chi connectivity index (χ4v) is 2.96. The predicted molar refractivity (Wildman–Crippen MR) is 74.8 cm³/mol. The van der Waals surface area contributed by atoms with E-state index >= 15 is 0 Å². The summed E-state index contributed by atoms with van der Waals surface area (Å²) in [6.45, 7) is 0.573. The van der Waals surface area contributed by atoms with Crippen molar-refractivity contribution >= 4 is 28.5 Å². The minimum atomic E-state index is -0.338. The number of aliphatic hydroxyl groups excluding tert-OH is 1. The van der Waals surface area contributed by atoms with Crippen LogP contribution in [0.2, 0.25) is 0 Å². The lowest BCUT2D eigenvalue weighted by Crippen LogP contribution is -2.29. The number of rotatable bonds is 3. The van der Waals surface area contributed by atoms with Crippen molar-refractivity contribution in [3.63, 3.8) is 0 Å². The van der Waals surface area contributed by atoms with E-state index in [-0.39, 0.29) is 17.8 Å². The van der Waals surface area contributed by atoms with Crippen LogP contribution in [0.15, 0.2) is 18.2 Å². The second-order valence-electron chi connectivity index (χ2n) is 4.67. The molecule has 0 bridgehead atoms. The Bertz CT molecular complexity index is 453. The Kier molecular flexibility index (Phi) is 4.55. The van der Waals surface area contributed by atoms with Crippen molar-refractivity contribution in [1.82, 2.24) is 5.32 Å². The zero-order valence-electron chi connectivity index (χ0n) is 9.83. The molecule has 98 valence electrons. The van der Waals surface area contributed by atoms with Crippen molar-refractivity contribution in [3.05, 3.63) is 33.1 Å². The number of halogens is 2. The number of aliphatic hydroxyl groups is 1. The van der Waals surface area contributed by atoms with Gasteiger partial charge in [0.05, 0.1) is 11.7 Å². The van der Waals surface area contributed by atoms with Crippen molar-refractivity contribution in [3.8, 4) is 0 Å². The highest BCUT2D eigenvalue weighted by atomic mass is 127. The van der Waals surface area contributed by atoms with E-state index in [0.29, 0.717) is 21.6 Å². The molecule has 0 heterocycles. The smallest absolute Gasteiger partial charge is 0.252 e. The zero-order chi connectivity index (χ0) is 13.1. The first-order chi connectivity index (χ1) is 8.56. The van der Waals surface area contributed by atoms with Gasteiger partial charge in [0.2, 0.25) is 0 Å². The third kappa shape index (κ3) is 3.41. The van der Waals surface area contributed by atoms with Gasteiger partial charge in [-0.3, -0.25) is 4.79 Å². The summed E-state index contributed by atoms with van der Waals surface area (Å²) >= 11 is 1.95. The number of benzene rings is 1. The molecule has 1 saturated carbocycles. The number of amides is 1. The number of hydrogen-bond acceptors (Lipinski definition) is 2. The minimum Gasteiger partial charge on any atom is -0.393 e. The molecule has 2 atom stereocenters. The van der Waals surface area contributed by atoms with E-state index in [1.807, 2.05) is 22.6 Å². The molecule has 0 spiro atoms. The van der Waals surface area contributed by atoms with Crippen LogP contribution in [0.25, 0.3) is 0 Å². The molecule has 2 rings (SSSR count). The van der Waals surface area contributed by atoms with Gasteiger partial charge in [0, 0.05) is 10.1 Å². The number of hydrogen-bond donors (Lipinski definition) is 2. The quantitative estimate of drug-likeness (QED) is 0.810. The Hall–Kier alpha value is -0.690. The third-order valence-corrected chi connectivity index (χ3v) is 4.13. The molecule has 5 heteroatoms. The van der Waals surface area contributed by atoms with Gasteiger partial charge in [0.1, 0.15) is 5.82 Å². The van der Waals surface area contributed by atoms with Crippen LogP contribution in [0, 0.1) is 15.3 Å². The van der Waals surface area contributed by atoms with Crippen LogP contribution in [0.3, 0.4) is 0 Å². The average molecular weight is 363 g/mol. The largest absolute Gasteiger partial charge is 0.393 e. The maximum absolute atomic E-state index is 12.9. The summed E-state index contributed by atoms with van der Waals surface area (Å²) in [7, 11) is 0. The lowest BCUT2D eigenvalue weighted by atomic mass is 10.1. The highest BCUT2D eigenvalue weighted by molar-refractivity contribution is 14.1. The summed E-state index contributed by atoms with van der Waals surface area (Å²) in [5.74, 6) is -0.169. The van der Waals surface area contributed by atoms with Crippen LogP contribution in [-0.4, -0.2) is 23.7 Å². The Morgan fingerprint density at radius 3 is 2.89 bits per heavy atom. The van der Waals surface area contributed by atoms with Crippen LogP contribution in [0.1, 0.15) is 29.6 Å². The van der Waals surface area contributed by atoms with Crippen LogP contribution < -0.4 is 5.32 Å². The third-order valence-electron chi connectivity index (χ3n) is 3.24. The van der Waals surface area contributed by atoms with Crippen molar-refractivity contribution in [2.45, 2.75) is 25.4 Å². The molecule has 1 aromatic carbocycles. The van der Waals surface area contributed by atoms with Crippen LogP contribution in [-0.2, 0) is 0 Å². The van der Waals surface area contributed by atoms with E-state index in [4.69, 9.17) is 0 Å². The Labute approximate surface area is 119 Å². The van der Waals surface area contributed by atoms with Crippen LogP contribution >= 0.6 is 22.6 Å². The maximum Gasteiger partial charge on any atom is 0.252 e. The maximum atomic E-state index is 12.9. The second kappa shape index (κ2) is 5.97. The standard InChI is InChI=1S/C13H15FINO2/c14-9-2-4-11(12(15)6-9)13(18)16-7-8-1-3-10(17)5-8/h2,4,6,8,10,17H,1,3,5,7H2,(H,16,18). The van der Waals surface area contributed by atoms with E-state index in [2.05, 4.69) is 5.32 Å².